The molecule has 0 N–H and O–H groups in total. The number of fused-ring (bicyclic) bond motifs is 1. The van der Waals surface area contributed by atoms with Gasteiger partial charge < -0.3 is 9.80 Å². The summed E-state index contributed by atoms with van der Waals surface area (Å²) in [5, 5.41) is 4.16. The van der Waals surface area contributed by atoms with Crippen LogP contribution in [-0.4, -0.2) is 52.7 Å². The maximum atomic E-state index is 4.63. The van der Waals surface area contributed by atoms with Crippen molar-refractivity contribution in [2.75, 3.05) is 38.1 Å². The Morgan fingerprint density at radius 3 is 3.00 bits per heavy atom. The van der Waals surface area contributed by atoms with Crippen LogP contribution in [0.5, 0.6) is 0 Å². The number of hydrogen-bond acceptors (Lipinski definition) is 4. The van der Waals surface area contributed by atoms with Crippen molar-refractivity contribution in [3.8, 4) is 0 Å². The molecule has 5 nitrogen and oxygen atoms in total. The van der Waals surface area contributed by atoms with E-state index in [1.807, 2.05) is 18.3 Å². The molecular formula is C12H17N5. The molecule has 0 amide bonds. The van der Waals surface area contributed by atoms with E-state index in [0.29, 0.717) is 0 Å². The number of anilines is 1. The first kappa shape index (κ1) is 10.5. The van der Waals surface area contributed by atoms with Crippen LogP contribution in [0.1, 0.15) is 6.42 Å². The van der Waals surface area contributed by atoms with E-state index >= 15 is 0 Å². The molecule has 90 valence electrons. The van der Waals surface area contributed by atoms with Gasteiger partial charge in [-0.05, 0) is 26.1 Å². The highest BCUT2D eigenvalue weighted by molar-refractivity contribution is 5.47. The minimum Gasteiger partial charge on any atom is -0.355 e. The van der Waals surface area contributed by atoms with Gasteiger partial charge in [0.2, 0.25) is 0 Å². The molecule has 2 aromatic heterocycles. The van der Waals surface area contributed by atoms with Gasteiger partial charge in [-0.2, -0.15) is 5.10 Å². The Morgan fingerprint density at radius 1 is 1.12 bits per heavy atom. The summed E-state index contributed by atoms with van der Waals surface area (Å²) in [5.41, 5.74) is 0.917. The maximum absolute atomic E-state index is 4.63. The number of aromatic nitrogens is 3. The van der Waals surface area contributed by atoms with Crippen molar-refractivity contribution in [1.82, 2.24) is 19.5 Å². The lowest BCUT2D eigenvalue weighted by Crippen LogP contribution is -2.29. The molecular weight excluding hydrogens is 214 g/mol. The van der Waals surface area contributed by atoms with Crippen LogP contribution in [0.4, 0.5) is 5.82 Å². The zero-order valence-corrected chi connectivity index (χ0v) is 10.1. The third kappa shape index (κ3) is 2.10. The minimum atomic E-state index is 0.917. The number of likely N-dealkylation sites (N-methyl/N-ethyl adjacent to an activating group) is 1. The largest absolute Gasteiger partial charge is 0.355 e. The summed E-state index contributed by atoms with van der Waals surface area (Å²) in [4.78, 5) is 9.36. The normalized spacial score (nSPS) is 18.5. The zero-order chi connectivity index (χ0) is 11.7. The summed E-state index contributed by atoms with van der Waals surface area (Å²) < 4.78 is 1.80. The van der Waals surface area contributed by atoms with Crippen LogP contribution in [-0.2, 0) is 0 Å². The Balaban J connectivity index is 1.86. The summed E-state index contributed by atoms with van der Waals surface area (Å²) >= 11 is 0. The molecule has 0 radical (unpaired) electrons. The second-order valence-corrected chi connectivity index (χ2v) is 4.56. The molecule has 0 atom stereocenters. The van der Waals surface area contributed by atoms with Crippen molar-refractivity contribution in [2.45, 2.75) is 6.42 Å². The highest BCUT2D eigenvalue weighted by Gasteiger charge is 2.13. The zero-order valence-electron chi connectivity index (χ0n) is 10.1. The van der Waals surface area contributed by atoms with Gasteiger partial charge in [-0.15, -0.1) is 0 Å². The van der Waals surface area contributed by atoms with E-state index in [1.54, 1.807) is 10.7 Å². The van der Waals surface area contributed by atoms with Crippen LogP contribution in [0, 0.1) is 0 Å². The molecule has 2 aromatic rings. The fourth-order valence-electron chi connectivity index (χ4n) is 2.25. The summed E-state index contributed by atoms with van der Waals surface area (Å²) in [5.74, 6) is 1.06. The van der Waals surface area contributed by atoms with Crippen LogP contribution in [0.3, 0.4) is 0 Å². The molecule has 0 bridgehead atoms. The van der Waals surface area contributed by atoms with Gasteiger partial charge in [-0.25, -0.2) is 9.50 Å². The lowest BCUT2D eigenvalue weighted by atomic mass is 10.4. The Bertz CT molecular complexity index is 506. The predicted molar refractivity (Wildman–Crippen MR) is 67.3 cm³/mol. The van der Waals surface area contributed by atoms with E-state index < -0.39 is 0 Å². The van der Waals surface area contributed by atoms with Crippen molar-refractivity contribution in [3.63, 3.8) is 0 Å². The number of nitrogens with zero attached hydrogens (tertiary/aromatic N) is 5. The summed E-state index contributed by atoms with van der Waals surface area (Å²) in [6.45, 7) is 4.41. The maximum Gasteiger partial charge on any atom is 0.157 e. The van der Waals surface area contributed by atoms with Crippen molar-refractivity contribution in [3.05, 3.63) is 24.5 Å². The van der Waals surface area contributed by atoms with Crippen LogP contribution >= 0.6 is 0 Å². The third-order valence-electron chi connectivity index (χ3n) is 3.29. The number of rotatable bonds is 1. The molecule has 1 saturated heterocycles. The lowest BCUT2D eigenvalue weighted by Gasteiger charge is -2.21. The molecule has 0 spiro atoms. The van der Waals surface area contributed by atoms with E-state index in [9.17, 15) is 0 Å². The first-order valence-electron chi connectivity index (χ1n) is 6.07. The molecule has 5 heteroatoms. The standard InChI is InChI=1S/C12H17N5/c1-15-6-2-7-16(10-9-15)11-4-8-17-12(14-11)3-5-13-17/h3-5,8H,2,6-7,9-10H2,1H3. The lowest BCUT2D eigenvalue weighted by molar-refractivity contribution is 0.360. The van der Waals surface area contributed by atoms with Gasteiger partial charge in [0.05, 0.1) is 6.20 Å². The number of hydrogen-bond donors (Lipinski definition) is 0. The van der Waals surface area contributed by atoms with Gasteiger partial charge in [0.1, 0.15) is 5.82 Å². The topological polar surface area (TPSA) is 36.7 Å². The monoisotopic (exact) mass is 231 g/mol. The van der Waals surface area contributed by atoms with Gasteiger partial charge in [0.25, 0.3) is 0 Å². The van der Waals surface area contributed by atoms with E-state index in [0.717, 1.165) is 31.1 Å². The quantitative estimate of drug-likeness (QED) is 0.730. The Morgan fingerprint density at radius 2 is 2.06 bits per heavy atom. The third-order valence-corrected chi connectivity index (χ3v) is 3.29. The fourth-order valence-corrected chi connectivity index (χ4v) is 2.25. The van der Waals surface area contributed by atoms with Gasteiger partial charge in [0.15, 0.2) is 5.65 Å². The average molecular weight is 231 g/mol. The summed E-state index contributed by atoms with van der Waals surface area (Å²) in [7, 11) is 2.18. The van der Waals surface area contributed by atoms with Crippen LogP contribution < -0.4 is 4.90 Å². The van der Waals surface area contributed by atoms with Crippen molar-refractivity contribution in [1.29, 1.82) is 0 Å². The van der Waals surface area contributed by atoms with E-state index in [4.69, 9.17) is 0 Å². The Kier molecular flexibility index (Phi) is 2.68. The average Bonchev–Trinajstić information content (AvgIpc) is 2.70. The van der Waals surface area contributed by atoms with Gasteiger partial charge in [-0.1, -0.05) is 0 Å². The van der Waals surface area contributed by atoms with Crippen LogP contribution in [0.15, 0.2) is 24.5 Å². The van der Waals surface area contributed by atoms with E-state index in [-0.39, 0.29) is 0 Å². The van der Waals surface area contributed by atoms with Crippen LogP contribution in [0.2, 0.25) is 0 Å². The Hall–Kier alpha value is -1.62. The van der Waals surface area contributed by atoms with Crippen LogP contribution in [0.25, 0.3) is 5.65 Å². The SMILES string of the molecule is CN1CCCN(c2ccn3nccc3n2)CC1. The smallest absolute Gasteiger partial charge is 0.157 e. The molecule has 17 heavy (non-hydrogen) atoms. The first-order chi connectivity index (χ1) is 8.33. The predicted octanol–water partition coefficient (Wildman–Crippen LogP) is 0.871. The molecule has 3 heterocycles. The molecule has 0 aliphatic carbocycles. The molecule has 0 saturated carbocycles. The molecule has 1 fully saturated rings. The van der Waals surface area contributed by atoms with Crippen molar-refractivity contribution >= 4 is 11.5 Å². The molecule has 1 aliphatic rings. The molecule has 3 rings (SSSR count). The van der Waals surface area contributed by atoms with E-state index in [2.05, 4.69) is 26.9 Å². The summed E-state index contributed by atoms with van der Waals surface area (Å²) in [6.07, 6.45) is 4.96. The molecule has 0 aromatic carbocycles. The summed E-state index contributed by atoms with van der Waals surface area (Å²) in [6, 6.07) is 3.98. The van der Waals surface area contributed by atoms with Crippen molar-refractivity contribution in [2.24, 2.45) is 0 Å². The minimum absolute atomic E-state index is 0.917. The highest BCUT2D eigenvalue weighted by atomic mass is 15.3. The molecule has 0 unspecified atom stereocenters. The highest BCUT2D eigenvalue weighted by Crippen LogP contribution is 2.14. The van der Waals surface area contributed by atoms with Gasteiger partial charge in [0, 0.05) is 31.9 Å². The Labute approximate surface area is 101 Å². The van der Waals surface area contributed by atoms with E-state index in [1.165, 1.54) is 13.0 Å². The van der Waals surface area contributed by atoms with Gasteiger partial charge >= 0.3 is 0 Å². The first-order valence-corrected chi connectivity index (χ1v) is 6.07. The second kappa shape index (κ2) is 4.33. The van der Waals surface area contributed by atoms with Crippen molar-refractivity contribution < 1.29 is 0 Å². The fraction of sp³-hybridized carbons (Fsp3) is 0.500. The van der Waals surface area contributed by atoms with Gasteiger partial charge in [-0.3, -0.25) is 0 Å². The molecule has 1 aliphatic heterocycles. The second-order valence-electron chi connectivity index (χ2n) is 4.56.